The van der Waals surface area contributed by atoms with Gasteiger partial charge in [0.2, 0.25) is 0 Å². The third-order valence-corrected chi connectivity index (χ3v) is 4.77. The number of nitrogens with zero attached hydrogens (tertiary/aromatic N) is 1. The van der Waals surface area contributed by atoms with E-state index in [4.69, 9.17) is 0 Å². The van der Waals surface area contributed by atoms with Gasteiger partial charge in [0, 0.05) is 30.1 Å². The molecule has 1 aliphatic heterocycles. The van der Waals surface area contributed by atoms with Crippen LogP contribution in [0.1, 0.15) is 25.5 Å². The normalized spacial score (nSPS) is 22.0. The maximum absolute atomic E-state index is 14.2. The molecule has 18 heavy (non-hydrogen) atoms. The molecule has 1 aromatic carbocycles. The number of anilines is 1. The van der Waals surface area contributed by atoms with E-state index in [1.807, 2.05) is 37.9 Å². The average molecular weight is 268 g/mol. The fraction of sp³-hybridized carbons (Fsp3) is 0.571. The van der Waals surface area contributed by atoms with Crippen molar-refractivity contribution in [1.82, 2.24) is 5.32 Å². The van der Waals surface area contributed by atoms with E-state index in [0.29, 0.717) is 6.04 Å². The van der Waals surface area contributed by atoms with Crippen LogP contribution in [-0.4, -0.2) is 31.1 Å². The predicted molar refractivity (Wildman–Crippen MR) is 78.0 cm³/mol. The summed E-state index contributed by atoms with van der Waals surface area (Å²) in [5, 5.41) is 3.13. The Hall–Kier alpha value is -0.740. The van der Waals surface area contributed by atoms with E-state index in [2.05, 4.69) is 17.1 Å². The molecule has 100 valence electrons. The third-order valence-electron chi connectivity index (χ3n) is 3.58. The molecule has 1 saturated heterocycles. The highest BCUT2D eigenvalue weighted by Gasteiger charge is 2.21. The Bertz CT molecular complexity index is 411. The number of benzene rings is 1. The molecule has 1 N–H and O–H groups in total. The van der Waals surface area contributed by atoms with Gasteiger partial charge >= 0.3 is 0 Å². The fourth-order valence-electron chi connectivity index (χ4n) is 2.28. The Kier molecular flexibility index (Phi) is 4.51. The minimum absolute atomic E-state index is 0.103. The summed E-state index contributed by atoms with van der Waals surface area (Å²) in [6.07, 6.45) is 0. The predicted octanol–water partition coefficient (Wildman–Crippen LogP) is 3.05. The van der Waals surface area contributed by atoms with Gasteiger partial charge < -0.3 is 10.2 Å². The molecule has 2 unspecified atom stereocenters. The first-order valence-electron chi connectivity index (χ1n) is 6.44. The third kappa shape index (κ3) is 2.81. The van der Waals surface area contributed by atoms with Gasteiger partial charge in [0.1, 0.15) is 5.82 Å². The lowest BCUT2D eigenvalue weighted by molar-refractivity contribution is 0.591. The molecular weight excluding hydrogens is 247 g/mol. The minimum Gasteiger partial charge on any atom is -0.365 e. The number of nitrogens with one attached hydrogen (secondary N) is 1. The molecule has 0 radical (unpaired) electrons. The van der Waals surface area contributed by atoms with Gasteiger partial charge in [-0.25, -0.2) is 4.39 Å². The topological polar surface area (TPSA) is 15.3 Å². The molecule has 1 aromatic rings. The van der Waals surface area contributed by atoms with Crippen LogP contribution in [0.15, 0.2) is 18.2 Å². The second-order valence-electron chi connectivity index (χ2n) is 4.84. The Balaban J connectivity index is 2.23. The maximum atomic E-state index is 14.2. The lowest BCUT2D eigenvalue weighted by atomic mass is 10.1. The van der Waals surface area contributed by atoms with Gasteiger partial charge in [-0.1, -0.05) is 6.07 Å². The molecule has 0 saturated carbocycles. The van der Waals surface area contributed by atoms with Gasteiger partial charge in [0.25, 0.3) is 0 Å². The van der Waals surface area contributed by atoms with Crippen LogP contribution in [0.4, 0.5) is 10.1 Å². The van der Waals surface area contributed by atoms with Crippen molar-refractivity contribution in [3.05, 3.63) is 29.6 Å². The van der Waals surface area contributed by atoms with Gasteiger partial charge in [0.05, 0.1) is 5.69 Å². The Morgan fingerprint density at radius 2 is 2.28 bits per heavy atom. The summed E-state index contributed by atoms with van der Waals surface area (Å²) in [6, 6.07) is 6.19. The average Bonchev–Trinajstić information content (AvgIpc) is 2.39. The number of hydrogen-bond acceptors (Lipinski definition) is 3. The highest BCUT2D eigenvalue weighted by atomic mass is 32.2. The van der Waals surface area contributed by atoms with Crippen molar-refractivity contribution in [2.45, 2.75) is 25.9 Å². The van der Waals surface area contributed by atoms with E-state index in [1.54, 1.807) is 6.07 Å². The van der Waals surface area contributed by atoms with E-state index < -0.39 is 0 Å². The monoisotopic (exact) mass is 268 g/mol. The second kappa shape index (κ2) is 5.93. The van der Waals surface area contributed by atoms with Gasteiger partial charge in [-0.2, -0.15) is 11.8 Å². The molecule has 1 fully saturated rings. The molecule has 1 aliphatic rings. The van der Waals surface area contributed by atoms with Crippen LogP contribution in [0.5, 0.6) is 0 Å². The van der Waals surface area contributed by atoms with Crippen LogP contribution in [0, 0.1) is 5.82 Å². The number of thioether (sulfide) groups is 1. The van der Waals surface area contributed by atoms with Gasteiger partial charge in [0.15, 0.2) is 0 Å². The first-order valence-corrected chi connectivity index (χ1v) is 7.60. The van der Waals surface area contributed by atoms with Crippen molar-refractivity contribution in [2.75, 3.05) is 30.0 Å². The molecule has 1 heterocycles. The van der Waals surface area contributed by atoms with Gasteiger partial charge in [-0.3, -0.25) is 0 Å². The van der Waals surface area contributed by atoms with Crippen LogP contribution in [0.3, 0.4) is 0 Å². The number of halogens is 1. The summed E-state index contributed by atoms with van der Waals surface area (Å²) < 4.78 is 14.2. The zero-order valence-electron chi connectivity index (χ0n) is 11.2. The smallest absolute Gasteiger partial charge is 0.146 e. The molecule has 0 bridgehead atoms. The van der Waals surface area contributed by atoms with Crippen LogP contribution in [0.25, 0.3) is 0 Å². The van der Waals surface area contributed by atoms with Gasteiger partial charge in [-0.15, -0.1) is 0 Å². The second-order valence-corrected chi connectivity index (χ2v) is 5.99. The first kappa shape index (κ1) is 13.7. The summed E-state index contributed by atoms with van der Waals surface area (Å²) in [5.74, 6) is 2.06. The molecule has 0 amide bonds. The minimum atomic E-state index is -0.103. The van der Waals surface area contributed by atoms with Crippen molar-refractivity contribution < 1.29 is 4.39 Å². The van der Waals surface area contributed by atoms with Crippen molar-refractivity contribution in [3.8, 4) is 0 Å². The van der Waals surface area contributed by atoms with E-state index in [1.165, 1.54) is 0 Å². The van der Waals surface area contributed by atoms with E-state index >= 15 is 0 Å². The highest BCUT2D eigenvalue weighted by Crippen LogP contribution is 2.28. The zero-order valence-corrected chi connectivity index (χ0v) is 12.1. The summed E-state index contributed by atoms with van der Waals surface area (Å²) in [5.41, 5.74) is 1.74. The van der Waals surface area contributed by atoms with E-state index in [0.717, 1.165) is 29.3 Å². The SMILES string of the molecule is CNC(C)c1ccc(N2CCSCC2C)c(F)c1. The van der Waals surface area contributed by atoms with Gasteiger partial charge in [-0.05, 0) is 38.6 Å². The Labute approximate surface area is 113 Å². The van der Waals surface area contributed by atoms with Crippen LogP contribution in [0.2, 0.25) is 0 Å². The molecule has 4 heteroatoms. The molecule has 2 atom stereocenters. The number of hydrogen-bond donors (Lipinski definition) is 1. The largest absolute Gasteiger partial charge is 0.365 e. The standard InChI is InChI=1S/C14H21FN2S/c1-10-9-18-7-6-17(10)14-5-4-12(8-13(14)15)11(2)16-3/h4-5,8,10-11,16H,6-7,9H2,1-3H3. The number of rotatable bonds is 3. The van der Waals surface area contributed by atoms with E-state index in [9.17, 15) is 4.39 Å². The summed E-state index contributed by atoms with van der Waals surface area (Å²) in [7, 11) is 1.89. The summed E-state index contributed by atoms with van der Waals surface area (Å²) >= 11 is 1.94. The van der Waals surface area contributed by atoms with Crippen molar-refractivity contribution in [1.29, 1.82) is 0 Å². The van der Waals surface area contributed by atoms with Crippen LogP contribution in [-0.2, 0) is 0 Å². The Morgan fingerprint density at radius 1 is 1.50 bits per heavy atom. The van der Waals surface area contributed by atoms with Crippen molar-refractivity contribution in [3.63, 3.8) is 0 Å². The van der Waals surface area contributed by atoms with Crippen molar-refractivity contribution in [2.24, 2.45) is 0 Å². The quantitative estimate of drug-likeness (QED) is 0.907. The summed E-state index contributed by atoms with van der Waals surface area (Å²) in [4.78, 5) is 2.18. The Morgan fingerprint density at radius 3 is 2.89 bits per heavy atom. The highest BCUT2D eigenvalue weighted by molar-refractivity contribution is 7.99. The lowest BCUT2D eigenvalue weighted by Gasteiger charge is -2.35. The van der Waals surface area contributed by atoms with Crippen LogP contribution >= 0.6 is 11.8 Å². The molecule has 2 nitrogen and oxygen atoms in total. The molecule has 0 aromatic heterocycles. The lowest BCUT2D eigenvalue weighted by Crippen LogP contribution is -2.40. The zero-order chi connectivity index (χ0) is 13.1. The fourth-order valence-corrected chi connectivity index (χ4v) is 3.29. The molecular formula is C14H21FN2S. The molecule has 0 aliphatic carbocycles. The molecule has 2 rings (SSSR count). The van der Waals surface area contributed by atoms with E-state index in [-0.39, 0.29) is 11.9 Å². The maximum Gasteiger partial charge on any atom is 0.146 e. The first-order chi connectivity index (χ1) is 8.63. The summed E-state index contributed by atoms with van der Waals surface area (Å²) in [6.45, 7) is 5.13. The van der Waals surface area contributed by atoms with Crippen molar-refractivity contribution >= 4 is 17.4 Å². The molecule has 0 spiro atoms. The van der Waals surface area contributed by atoms with Crippen LogP contribution < -0.4 is 10.2 Å².